The highest BCUT2D eigenvalue weighted by Crippen LogP contribution is 2.36. The van der Waals surface area contributed by atoms with Crippen LogP contribution in [0.25, 0.3) is 22.6 Å². The van der Waals surface area contributed by atoms with Gasteiger partial charge in [-0.15, -0.1) is 0 Å². The molecule has 1 saturated heterocycles. The number of imidazole rings is 1. The van der Waals surface area contributed by atoms with Gasteiger partial charge in [0.25, 0.3) is 0 Å². The van der Waals surface area contributed by atoms with Gasteiger partial charge in [-0.05, 0) is 62.2 Å². The molecule has 0 unspecified atom stereocenters. The Balaban J connectivity index is 1.25. The number of carbonyl (C=O) groups excluding carboxylic acids is 1. The van der Waals surface area contributed by atoms with E-state index in [-0.39, 0.29) is 24.9 Å². The van der Waals surface area contributed by atoms with Crippen molar-refractivity contribution in [3.8, 4) is 22.6 Å². The van der Waals surface area contributed by atoms with Gasteiger partial charge < -0.3 is 25.1 Å². The number of benzene rings is 1. The van der Waals surface area contributed by atoms with Gasteiger partial charge in [0.15, 0.2) is 5.82 Å². The zero-order valence-corrected chi connectivity index (χ0v) is 20.6. The Hall–Kier alpha value is -4.22. The first-order valence-corrected chi connectivity index (χ1v) is 12.4. The number of hydrogen-bond acceptors (Lipinski definition) is 8. The fourth-order valence-corrected chi connectivity index (χ4v) is 4.10. The summed E-state index contributed by atoms with van der Waals surface area (Å²) in [5.41, 5.74) is 2.22. The molecule has 3 N–H and O–H groups in total. The second kappa shape index (κ2) is 9.92. The maximum Gasteiger partial charge on any atom is 0.235 e. The molecule has 2 aliphatic rings. The normalized spacial score (nSPS) is 21.2. The van der Waals surface area contributed by atoms with Crippen LogP contribution in [0.5, 0.6) is 0 Å². The first kappa shape index (κ1) is 24.1. The maximum atomic E-state index is 13.6. The molecule has 0 spiro atoms. The third-order valence-electron chi connectivity index (χ3n) is 6.46. The minimum atomic E-state index is -0.905. The summed E-state index contributed by atoms with van der Waals surface area (Å²) in [5, 5.41) is 6.16. The van der Waals surface area contributed by atoms with Crippen molar-refractivity contribution in [3.05, 3.63) is 72.7 Å². The SMILES string of the molecule is CC1(C(=O)Nc2cccnc2)COC(c2nc(-c3ccc(F)cc3)c(-c3ccnc(NC4CC4)n3)[nH]2)OC1. The molecule has 194 valence electrons. The van der Waals surface area contributed by atoms with Gasteiger partial charge in [-0.1, -0.05) is 0 Å². The summed E-state index contributed by atoms with van der Waals surface area (Å²) in [6.45, 7) is 2.02. The number of carbonyl (C=O) groups is 1. The van der Waals surface area contributed by atoms with Crippen LogP contribution in [0.4, 0.5) is 16.0 Å². The molecule has 6 rings (SSSR count). The summed E-state index contributed by atoms with van der Waals surface area (Å²) >= 11 is 0. The monoisotopic (exact) mass is 515 g/mol. The van der Waals surface area contributed by atoms with Crippen molar-refractivity contribution in [3.63, 3.8) is 0 Å². The first-order valence-electron chi connectivity index (χ1n) is 12.4. The Morgan fingerprint density at radius 2 is 1.87 bits per heavy atom. The van der Waals surface area contributed by atoms with Crippen LogP contribution in [0.2, 0.25) is 0 Å². The average Bonchev–Trinajstić information content (AvgIpc) is 3.64. The third-order valence-corrected chi connectivity index (χ3v) is 6.46. The lowest BCUT2D eigenvalue weighted by atomic mass is 9.91. The van der Waals surface area contributed by atoms with Crippen molar-refractivity contribution in [2.75, 3.05) is 23.8 Å². The number of halogens is 1. The predicted molar refractivity (Wildman–Crippen MR) is 137 cm³/mol. The van der Waals surface area contributed by atoms with Crippen LogP contribution in [0.1, 0.15) is 31.9 Å². The van der Waals surface area contributed by atoms with Crippen LogP contribution >= 0.6 is 0 Å². The smallest absolute Gasteiger partial charge is 0.235 e. The van der Waals surface area contributed by atoms with E-state index in [2.05, 4.69) is 30.6 Å². The van der Waals surface area contributed by atoms with Crippen molar-refractivity contribution >= 4 is 17.5 Å². The Bertz CT molecular complexity index is 1430. The lowest BCUT2D eigenvalue weighted by Gasteiger charge is -2.35. The highest BCUT2D eigenvalue weighted by atomic mass is 19.1. The quantitative estimate of drug-likeness (QED) is 0.332. The summed E-state index contributed by atoms with van der Waals surface area (Å²) in [5.74, 6) is 0.385. The molecule has 1 amide bonds. The fraction of sp³-hybridized carbons (Fsp3) is 0.296. The van der Waals surface area contributed by atoms with Gasteiger partial charge in [0.05, 0.1) is 47.6 Å². The maximum absolute atomic E-state index is 13.6. The molecular weight excluding hydrogens is 489 g/mol. The van der Waals surface area contributed by atoms with Gasteiger partial charge in [0, 0.05) is 24.0 Å². The molecule has 1 aromatic carbocycles. The van der Waals surface area contributed by atoms with Gasteiger partial charge in [-0.3, -0.25) is 9.78 Å². The van der Waals surface area contributed by atoms with Crippen LogP contribution in [0.15, 0.2) is 61.1 Å². The summed E-state index contributed by atoms with van der Waals surface area (Å²) < 4.78 is 25.6. The number of aromatic nitrogens is 5. The van der Waals surface area contributed by atoms with Crippen molar-refractivity contribution in [1.29, 1.82) is 0 Å². The average molecular weight is 516 g/mol. The van der Waals surface area contributed by atoms with E-state index in [0.717, 1.165) is 12.8 Å². The van der Waals surface area contributed by atoms with E-state index in [9.17, 15) is 9.18 Å². The van der Waals surface area contributed by atoms with E-state index in [0.29, 0.717) is 46.1 Å². The molecule has 4 heterocycles. The highest BCUT2D eigenvalue weighted by molar-refractivity contribution is 5.95. The Morgan fingerprint density at radius 3 is 2.58 bits per heavy atom. The van der Waals surface area contributed by atoms with Crippen molar-refractivity contribution in [2.45, 2.75) is 32.1 Å². The molecule has 4 aromatic rings. The van der Waals surface area contributed by atoms with Crippen LogP contribution in [0, 0.1) is 11.2 Å². The Kier molecular flexibility index (Phi) is 6.30. The molecule has 2 fully saturated rings. The van der Waals surface area contributed by atoms with Crippen LogP contribution in [-0.2, 0) is 14.3 Å². The third kappa shape index (κ3) is 5.11. The first-order chi connectivity index (χ1) is 18.5. The molecule has 3 aromatic heterocycles. The molecule has 10 nitrogen and oxygen atoms in total. The highest BCUT2D eigenvalue weighted by Gasteiger charge is 2.41. The zero-order chi connectivity index (χ0) is 26.1. The largest absolute Gasteiger partial charge is 0.351 e. The molecule has 38 heavy (non-hydrogen) atoms. The number of aromatic amines is 1. The minimum Gasteiger partial charge on any atom is -0.351 e. The van der Waals surface area contributed by atoms with Gasteiger partial charge >= 0.3 is 0 Å². The summed E-state index contributed by atoms with van der Waals surface area (Å²) in [7, 11) is 0. The van der Waals surface area contributed by atoms with E-state index in [4.69, 9.17) is 14.5 Å². The summed E-state index contributed by atoms with van der Waals surface area (Å²) in [6.07, 6.45) is 6.26. The van der Waals surface area contributed by atoms with E-state index >= 15 is 0 Å². The lowest BCUT2D eigenvalue weighted by Crippen LogP contribution is -2.45. The summed E-state index contributed by atoms with van der Waals surface area (Å²) in [6, 6.07) is 11.8. The van der Waals surface area contributed by atoms with Crippen molar-refractivity contribution < 1.29 is 18.7 Å². The molecule has 0 atom stereocenters. The topological polar surface area (TPSA) is 127 Å². The molecular formula is C27H26FN7O3. The molecule has 1 aliphatic heterocycles. The number of ether oxygens (including phenoxy) is 2. The van der Waals surface area contributed by atoms with Crippen LogP contribution in [0.3, 0.4) is 0 Å². The Labute approximate surface area is 218 Å². The number of H-pyrrole nitrogens is 1. The van der Waals surface area contributed by atoms with Gasteiger partial charge in [0.1, 0.15) is 5.82 Å². The number of pyridine rings is 1. The fourth-order valence-electron chi connectivity index (χ4n) is 4.10. The van der Waals surface area contributed by atoms with E-state index < -0.39 is 11.7 Å². The minimum absolute atomic E-state index is 0.120. The van der Waals surface area contributed by atoms with Crippen molar-refractivity contribution in [1.82, 2.24) is 24.9 Å². The molecule has 0 radical (unpaired) electrons. The number of anilines is 2. The van der Waals surface area contributed by atoms with E-state index in [1.54, 1.807) is 55.8 Å². The van der Waals surface area contributed by atoms with E-state index in [1.807, 2.05) is 0 Å². The lowest BCUT2D eigenvalue weighted by molar-refractivity contribution is -0.229. The standard InChI is InChI=1S/C27H26FN7O3/c1-27(25(36)31-19-3-2-11-29-13-19)14-37-24(38-15-27)23-34-21(16-4-6-17(28)7-5-16)22(35-23)20-10-12-30-26(33-20)32-18-8-9-18/h2-7,10-13,18,24H,8-9,14-15H2,1H3,(H,31,36)(H,34,35)(H,30,32,33). The van der Waals surface area contributed by atoms with Gasteiger partial charge in [-0.25, -0.2) is 19.3 Å². The number of hydrogen-bond donors (Lipinski definition) is 3. The zero-order valence-electron chi connectivity index (χ0n) is 20.6. The molecule has 11 heteroatoms. The van der Waals surface area contributed by atoms with Crippen LogP contribution < -0.4 is 10.6 Å². The molecule has 1 aliphatic carbocycles. The number of nitrogens with one attached hydrogen (secondary N) is 3. The molecule has 1 saturated carbocycles. The van der Waals surface area contributed by atoms with E-state index in [1.165, 1.54) is 12.1 Å². The summed E-state index contributed by atoms with van der Waals surface area (Å²) in [4.78, 5) is 34.0. The van der Waals surface area contributed by atoms with Gasteiger partial charge in [-0.2, -0.15) is 0 Å². The van der Waals surface area contributed by atoms with Crippen molar-refractivity contribution in [2.24, 2.45) is 5.41 Å². The Morgan fingerprint density at radius 1 is 1.08 bits per heavy atom. The second-order valence-electron chi connectivity index (χ2n) is 9.75. The number of nitrogens with zero attached hydrogens (tertiary/aromatic N) is 4. The predicted octanol–water partition coefficient (Wildman–Crippen LogP) is 4.33. The molecule has 0 bridgehead atoms. The number of rotatable bonds is 7. The van der Waals surface area contributed by atoms with Crippen LogP contribution in [-0.4, -0.2) is 50.1 Å². The van der Waals surface area contributed by atoms with Gasteiger partial charge in [0.2, 0.25) is 18.1 Å². The number of amides is 1. The second-order valence-corrected chi connectivity index (χ2v) is 9.75.